The molecule has 0 saturated carbocycles. The van der Waals surface area contributed by atoms with Gasteiger partial charge in [-0.05, 0) is 47.9 Å². The molecule has 18 nitrogen and oxygen atoms in total. The Morgan fingerprint density at radius 1 is 0.702 bits per heavy atom. The second-order valence-corrected chi connectivity index (χ2v) is 13.6. The lowest BCUT2D eigenvalue weighted by molar-refractivity contribution is 0.471. The topological polar surface area (TPSA) is 297 Å². The summed E-state index contributed by atoms with van der Waals surface area (Å²) in [5.74, 6) is -1.41. The Balaban J connectivity index is 1.56. The van der Waals surface area contributed by atoms with Crippen molar-refractivity contribution in [3.63, 3.8) is 0 Å². The number of para-hydroxylation sites is 1. The number of anilines is 5. The van der Waals surface area contributed by atoms with Gasteiger partial charge in [0.1, 0.15) is 26.9 Å². The minimum Gasteiger partial charge on any atom is -0.507 e. The van der Waals surface area contributed by atoms with Crippen molar-refractivity contribution >= 4 is 81.5 Å². The van der Waals surface area contributed by atoms with Gasteiger partial charge >= 0.3 is 6.08 Å². The van der Waals surface area contributed by atoms with Gasteiger partial charge in [-0.1, -0.05) is 18.2 Å². The molecule has 47 heavy (non-hydrogen) atoms. The molecule has 0 aliphatic rings. The van der Waals surface area contributed by atoms with Crippen molar-refractivity contribution in [2.75, 3.05) is 16.4 Å². The lowest BCUT2D eigenvalue weighted by Gasteiger charge is -2.12. The number of halogens is 1. The van der Waals surface area contributed by atoms with Crippen LogP contribution in [0, 0.1) is 6.08 Å². The summed E-state index contributed by atoms with van der Waals surface area (Å²) in [6.07, 6.45) is -1.19. The number of phenols is 1. The minimum atomic E-state index is -5.18. The monoisotopic (exact) mass is 706 g/mol. The normalized spacial score (nSPS) is 12.4. The first-order chi connectivity index (χ1) is 21.9. The Labute approximate surface area is 264 Å². The van der Waals surface area contributed by atoms with Crippen LogP contribution in [0.15, 0.2) is 91.6 Å². The van der Waals surface area contributed by atoms with E-state index in [0.29, 0.717) is 17.8 Å². The van der Waals surface area contributed by atoms with Crippen LogP contribution in [-0.2, 0) is 30.4 Å². The standard InChI is InChI=1S/C25H19FN8O10S3/c26-23-30-24(28-13-4-2-1-3-5-13)32-25(31-23)29-14-6-7-16(18(10-14)46(39,40)41)33-34-22-19(47(42,43)44)9-12-8-15(45(36,37)38)11-17(35)20(12)21(22)27/h1-11,35H,27H2,(H,36,37,38)(H,39,40,41)(H,42,43,44)(H2,28,29,30,31,32). The zero-order chi connectivity index (χ0) is 34.3. The van der Waals surface area contributed by atoms with E-state index in [4.69, 9.17) is 5.73 Å². The molecule has 244 valence electrons. The third-order valence-corrected chi connectivity index (χ3v) is 8.71. The SMILES string of the molecule is Nc1c(N=Nc2ccc(Nc3nc(F)nc(Nc4ccccc4)n3)cc2S(=O)(=O)O)c(S(=O)(=O)O)cc2cc(S(=O)(=O)O)cc(O)c12. The fraction of sp³-hybridized carbons (Fsp3) is 0. The van der Waals surface area contributed by atoms with E-state index in [9.17, 15) is 48.4 Å². The van der Waals surface area contributed by atoms with Crippen LogP contribution in [-0.4, -0.2) is 59.0 Å². The van der Waals surface area contributed by atoms with E-state index >= 15 is 0 Å². The Kier molecular flexibility index (Phi) is 8.48. The second-order valence-electron chi connectivity index (χ2n) is 9.35. The van der Waals surface area contributed by atoms with Gasteiger partial charge in [-0.3, -0.25) is 13.7 Å². The van der Waals surface area contributed by atoms with Gasteiger partial charge in [0.15, 0.2) is 0 Å². The minimum absolute atomic E-state index is 0.101. The molecule has 0 radical (unpaired) electrons. The number of nitrogens with two attached hydrogens (primary N) is 1. The Bertz CT molecular complexity index is 2430. The van der Waals surface area contributed by atoms with Gasteiger partial charge in [-0.25, -0.2) is 0 Å². The van der Waals surface area contributed by atoms with Crippen molar-refractivity contribution in [3.8, 4) is 5.75 Å². The highest BCUT2D eigenvalue weighted by Gasteiger charge is 2.25. The molecule has 5 aromatic rings. The van der Waals surface area contributed by atoms with E-state index in [2.05, 4.69) is 35.8 Å². The van der Waals surface area contributed by atoms with E-state index in [1.807, 2.05) is 0 Å². The number of nitrogens with one attached hydrogen (secondary N) is 2. The van der Waals surface area contributed by atoms with E-state index in [1.54, 1.807) is 30.3 Å². The van der Waals surface area contributed by atoms with Crippen LogP contribution in [0.3, 0.4) is 0 Å². The molecule has 0 unspecified atom stereocenters. The first-order valence-electron chi connectivity index (χ1n) is 12.5. The third kappa shape index (κ3) is 7.37. The summed E-state index contributed by atoms with van der Waals surface area (Å²) in [7, 11) is -15.1. The van der Waals surface area contributed by atoms with Crippen LogP contribution in [0.5, 0.6) is 5.75 Å². The maximum absolute atomic E-state index is 14.1. The van der Waals surface area contributed by atoms with Gasteiger partial charge in [0.25, 0.3) is 30.4 Å². The van der Waals surface area contributed by atoms with Crippen LogP contribution in [0.4, 0.5) is 44.7 Å². The number of rotatable bonds is 9. The zero-order valence-electron chi connectivity index (χ0n) is 23.0. The quantitative estimate of drug-likeness (QED) is 0.0645. The molecule has 0 aliphatic heterocycles. The molecule has 5 rings (SSSR count). The maximum atomic E-state index is 14.1. The average molecular weight is 707 g/mol. The van der Waals surface area contributed by atoms with Crippen LogP contribution < -0.4 is 16.4 Å². The number of hydrogen-bond acceptors (Lipinski definition) is 15. The highest BCUT2D eigenvalue weighted by Crippen LogP contribution is 2.43. The average Bonchev–Trinajstić information content (AvgIpc) is 2.95. The highest BCUT2D eigenvalue weighted by molar-refractivity contribution is 7.86. The summed E-state index contributed by atoms with van der Waals surface area (Å²) in [6, 6.07) is 13.6. The number of aromatic hydroxyl groups is 1. The second kappa shape index (κ2) is 12.1. The molecule has 4 aromatic carbocycles. The maximum Gasteiger partial charge on any atom is 0.315 e. The number of nitrogens with zero attached hydrogens (tertiary/aromatic N) is 5. The van der Waals surface area contributed by atoms with Crippen molar-refractivity contribution in [1.82, 2.24) is 15.0 Å². The number of benzene rings is 4. The van der Waals surface area contributed by atoms with Crippen molar-refractivity contribution in [2.45, 2.75) is 14.7 Å². The third-order valence-electron chi connectivity index (χ3n) is 6.13. The van der Waals surface area contributed by atoms with Gasteiger partial charge in [0.05, 0.1) is 10.6 Å². The molecule has 22 heteroatoms. The molecule has 8 N–H and O–H groups in total. The summed E-state index contributed by atoms with van der Waals surface area (Å²) < 4.78 is 115. The fourth-order valence-corrected chi connectivity index (χ4v) is 6.02. The number of hydrogen-bond donors (Lipinski definition) is 7. The first kappa shape index (κ1) is 33.0. The van der Waals surface area contributed by atoms with Gasteiger partial charge in [0.2, 0.25) is 11.9 Å². The van der Waals surface area contributed by atoms with Gasteiger partial charge in [0, 0.05) is 22.8 Å². The fourth-order valence-electron chi connectivity index (χ4n) is 4.17. The smallest absolute Gasteiger partial charge is 0.315 e. The predicted octanol–water partition coefficient (Wildman–Crippen LogP) is 4.09. The number of azo groups is 1. The van der Waals surface area contributed by atoms with E-state index in [0.717, 1.165) is 18.2 Å². The van der Waals surface area contributed by atoms with Crippen LogP contribution in [0.25, 0.3) is 10.8 Å². The summed E-state index contributed by atoms with van der Waals surface area (Å²) in [4.78, 5) is 8.28. The summed E-state index contributed by atoms with van der Waals surface area (Å²) in [5, 5.41) is 22.3. The molecule has 1 heterocycles. The highest BCUT2D eigenvalue weighted by atomic mass is 32.2. The first-order valence-corrected chi connectivity index (χ1v) is 16.8. The van der Waals surface area contributed by atoms with Gasteiger partial charge in [-0.15, -0.1) is 10.2 Å². The van der Waals surface area contributed by atoms with E-state index in [1.165, 1.54) is 6.07 Å². The van der Waals surface area contributed by atoms with Crippen molar-refractivity contribution in [3.05, 3.63) is 72.8 Å². The molecule has 0 amide bonds. The van der Waals surface area contributed by atoms with Crippen molar-refractivity contribution in [2.24, 2.45) is 10.2 Å². The Morgan fingerprint density at radius 3 is 1.91 bits per heavy atom. The molecule has 0 fully saturated rings. The molecular formula is C25H19FN8O10S3. The lowest BCUT2D eigenvalue weighted by atomic mass is 10.1. The van der Waals surface area contributed by atoms with Crippen molar-refractivity contribution < 1.29 is 48.4 Å². The van der Waals surface area contributed by atoms with Crippen LogP contribution in [0.1, 0.15) is 0 Å². The number of aromatic nitrogens is 3. The zero-order valence-corrected chi connectivity index (χ0v) is 25.5. The van der Waals surface area contributed by atoms with Gasteiger partial charge in [-0.2, -0.15) is 44.6 Å². The molecule has 1 aromatic heterocycles. The summed E-state index contributed by atoms with van der Waals surface area (Å²) in [6.45, 7) is 0. The van der Waals surface area contributed by atoms with E-state index < -0.39 is 73.9 Å². The number of fused-ring (bicyclic) bond motifs is 1. The predicted molar refractivity (Wildman–Crippen MR) is 163 cm³/mol. The molecule has 0 spiro atoms. The molecule has 0 saturated heterocycles. The molecule has 0 bridgehead atoms. The van der Waals surface area contributed by atoms with Crippen LogP contribution >= 0.6 is 0 Å². The Morgan fingerprint density at radius 2 is 1.32 bits per heavy atom. The lowest BCUT2D eigenvalue weighted by Crippen LogP contribution is -2.06. The summed E-state index contributed by atoms with van der Waals surface area (Å²) >= 11 is 0. The number of phenolic OH excluding ortho intramolecular Hbond substituents is 1. The van der Waals surface area contributed by atoms with Gasteiger partial charge < -0.3 is 21.5 Å². The molecule has 0 atom stereocenters. The largest absolute Gasteiger partial charge is 0.507 e. The molecular weight excluding hydrogens is 688 g/mol. The van der Waals surface area contributed by atoms with E-state index in [-0.39, 0.29) is 28.4 Å². The van der Waals surface area contributed by atoms with Crippen LogP contribution in [0.2, 0.25) is 0 Å². The summed E-state index contributed by atoms with van der Waals surface area (Å²) in [5.41, 5.74) is 4.39. The molecule has 0 aliphatic carbocycles. The van der Waals surface area contributed by atoms with Crippen molar-refractivity contribution in [1.29, 1.82) is 0 Å². The Hall–Kier alpha value is -5.39. The number of nitrogen functional groups attached to an aromatic ring is 1.